The number of thioether (sulfide) groups is 1. The van der Waals surface area contributed by atoms with E-state index in [1.807, 2.05) is 48.2 Å². The minimum Gasteiger partial charge on any atom is -0.244 e. The summed E-state index contributed by atoms with van der Waals surface area (Å²) in [5.74, 6) is 1.99. The van der Waals surface area contributed by atoms with E-state index in [9.17, 15) is 0 Å². The summed E-state index contributed by atoms with van der Waals surface area (Å²) in [7, 11) is 0. The second-order valence-corrected chi connectivity index (χ2v) is 16.9. The predicted octanol–water partition coefficient (Wildman–Crippen LogP) is 13.2. The second kappa shape index (κ2) is 13.1. The van der Waals surface area contributed by atoms with Gasteiger partial charge in [-0.25, -0.2) is 19.9 Å². The van der Waals surface area contributed by atoms with Crippen molar-refractivity contribution >= 4 is 49.7 Å². The molecule has 8 aromatic rings. The fourth-order valence-electron chi connectivity index (χ4n) is 8.86. The molecule has 3 heterocycles. The lowest BCUT2D eigenvalue weighted by atomic mass is 9.75. The zero-order valence-corrected chi connectivity index (χ0v) is 32.6. The van der Waals surface area contributed by atoms with Crippen LogP contribution in [0.15, 0.2) is 180 Å². The maximum absolute atomic E-state index is 5.21. The summed E-state index contributed by atoms with van der Waals surface area (Å²) in [6.07, 6.45) is 15.0. The molecular formula is C52H38N4S. The Morgan fingerprint density at radius 3 is 1.95 bits per heavy atom. The number of nitrogens with zero attached hydrogens (tertiary/aromatic N) is 4. The van der Waals surface area contributed by atoms with Crippen molar-refractivity contribution < 1.29 is 0 Å². The van der Waals surface area contributed by atoms with Crippen LogP contribution in [0.5, 0.6) is 0 Å². The molecule has 57 heavy (non-hydrogen) atoms. The van der Waals surface area contributed by atoms with Crippen LogP contribution in [-0.2, 0) is 10.8 Å². The molecule has 0 N–H and O–H groups in total. The van der Waals surface area contributed by atoms with Gasteiger partial charge in [0.1, 0.15) is 11.5 Å². The fourth-order valence-corrected chi connectivity index (χ4v) is 10.3. The Balaban J connectivity index is 0.930. The third kappa shape index (κ3) is 5.60. The van der Waals surface area contributed by atoms with Gasteiger partial charge >= 0.3 is 0 Å². The Morgan fingerprint density at radius 1 is 0.526 bits per heavy atom. The molecule has 6 aromatic carbocycles. The van der Waals surface area contributed by atoms with Crippen LogP contribution >= 0.6 is 11.8 Å². The molecule has 2 unspecified atom stereocenters. The van der Waals surface area contributed by atoms with Crippen molar-refractivity contribution in [2.75, 3.05) is 0 Å². The molecule has 2 aromatic heterocycles. The lowest BCUT2D eigenvalue weighted by molar-refractivity contribution is 0.554. The molecule has 0 saturated carbocycles. The van der Waals surface area contributed by atoms with E-state index in [2.05, 4.69) is 147 Å². The third-order valence-corrected chi connectivity index (χ3v) is 13.5. The maximum Gasteiger partial charge on any atom is 0.182 e. The van der Waals surface area contributed by atoms with E-state index in [1.165, 1.54) is 58.8 Å². The van der Waals surface area contributed by atoms with Crippen LogP contribution in [0.2, 0.25) is 0 Å². The van der Waals surface area contributed by atoms with Gasteiger partial charge in [-0.2, -0.15) is 0 Å². The monoisotopic (exact) mass is 750 g/mol. The molecule has 4 nitrogen and oxygen atoms in total. The molecule has 0 fully saturated rings. The first-order valence-electron chi connectivity index (χ1n) is 19.7. The van der Waals surface area contributed by atoms with Gasteiger partial charge in [0, 0.05) is 26.2 Å². The highest BCUT2D eigenvalue weighted by atomic mass is 32.2. The van der Waals surface area contributed by atoms with Crippen molar-refractivity contribution in [1.82, 2.24) is 19.9 Å². The smallest absolute Gasteiger partial charge is 0.182 e. The Labute approximate surface area is 336 Å². The number of allylic oxidation sites excluding steroid dienone is 8. The Kier molecular flexibility index (Phi) is 7.77. The van der Waals surface area contributed by atoms with Gasteiger partial charge in [0.25, 0.3) is 0 Å². The number of hydrogen-bond acceptors (Lipinski definition) is 5. The van der Waals surface area contributed by atoms with Crippen LogP contribution < -0.4 is 0 Å². The molecule has 11 rings (SSSR count). The number of fused-ring (bicyclic) bond motifs is 9. The minimum absolute atomic E-state index is 0.0801. The summed E-state index contributed by atoms with van der Waals surface area (Å²) in [6, 6.07) is 48.0. The molecule has 2 atom stereocenters. The van der Waals surface area contributed by atoms with Crippen molar-refractivity contribution in [1.29, 1.82) is 0 Å². The lowest BCUT2D eigenvalue weighted by Crippen LogP contribution is -2.24. The molecule has 0 spiro atoms. The maximum atomic E-state index is 5.21. The van der Waals surface area contributed by atoms with Crippen LogP contribution in [0.3, 0.4) is 0 Å². The van der Waals surface area contributed by atoms with E-state index in [0.717, 1.165) is 41.2 Å². The zero-order valence-electron chi connectivity index (χ0n) is 31.8. The first-order valence-corrected chi connectivity index (χ1v) is 20.5. The molecule has 0 saturated heterocycles. The summed E-state index contributed by atoms with van der Waals surface area (Å²) in [6.45, 7) is 4.57. The van der Waals surface area contributed by atoms with E-state index >= 15 is 0 Å². The highest BCUT2D eigenvalue weighted by molar-refractivity contribution is 8.03. The summed E-state index contributed by atoms with van der Waals surface area (Å²) in [4.78, 5) is 23.0. The van der Waals surface area contributed by atoms with Crippen LogP contribution in [-0.4, -0.2) is 19.9 Å². The summed E-state index contributed by atoms with van der Waals surface area (Å²) in [5, 5.41) is 7.79. The number of benzene rings is 6. The van der Waals surface area contributed by atoms with E-state index in [1.54, 1.807) is 0 Å². The van der Waals surface area contributed by atoms with Crippen LogP contribution in [0.25, 0.3) is 71.9 Å². The van der Waals surface area contributed by atoms with E-state index in [0.29, 0.717) is 11.6 Å². The minimum atomic E-state index is -0.333. The quantitative estimate of drug-likeness (QED) is 0.164. The first kappa shape index (κ1) is 33.9. The van der Waals surface area contributed by atoms with Crippen molar-refractivity contribution in [3.8, 4) is 34.0 Å². The Hall–Kier alpha value is -6.43. The molecule has 3 aliphatic rings. The highest BCUT2D eigenvalue weighted by Gasteiger charge is 2.41. The average molecular weight is 751 g/mol. The van der Waals surface area contributed by atoms with Crippen LogP contribution in [0.1, 0.15) is 43.8 Å². The van der Waals surface area contributed by atoms with Gasteiger partial charge in [0.15, 0.2) is 11.6 Å². The van der Waals surface area contributed by atoms with Gasteiger partial charge in [0.2, 0.25) is 0 Å². The number of pyridine rings is 1. The fraction of sp³-hybridized carbons (Fsp3) is 0.115. The number of hydrogen-bond donors (Lipinski definition) is 0. The van der Waals surface area contributed by atoms with Gasteiger partial charge in [-0.15, -0.1) is 0 Å². The number of aromatic nitrogens is 4. The van der Waals surface area contributed by atoms with Crippen molar-refractivity contribution in [2.24, 2.45) is 0 Å². The lowest BCUT2D eigenvalue weighted by Gasteiger charge is -2.29. The second-order valence-electron chi connectivity index (χ2n) is 15.9. The van der Waals surface area contributed by atoms with Gasteiger partial charge in [-0.1, -0.05) is 158 Å². The van der Waals surface area contributed by atoms with Gasteiger partial charge in [0.05, 0.1) is 5.69 Å². The topological polar surface area (TPSA) is 51.6 Å². The van der Waals surface area contributed by atoms with E-state index < -0.39 is 0 Å². The van der Waals surface area contributed by atoms with E-state index in [4.69, 9.17) is 19.9 Å². The molecule has 0 amide bonds. The van der Waals surface area contributed by atoms with Gasteiger partial charge in [-0.3, -0.25) is 0 Å². The van der Waals surface area contributed by atoms with Crippen molar-refractivity contribution in [3.63, 3.8) is 0 Å². The summed E-state index contributed by atoms with van der Waals surface area (Å²) >= 11 is 1.90. The molecule has 1 aliphatic heterocycles. The SMILES string of the molecule is CC1(c2nc(-c3ccccc3)nc(-c3cccc(C4=CCC5(C)C(=C4)Sc4cc(-c6ccc7c8ccccc8c8ccccc8c7c6)ccc45)n3)n2)C=CC=CC1. The third-order valence-electron chi connectivity index (χ3n) is 12.1. The normalized spacial score (nSPS) is 19.8. The van der Waals surface area contributed by atoms with Gasteiger partial charge in [-0.05, 0) is 105 Å². The van der Waals surface area contributed by atoms with Crippen molar-refractivity contribution in [2.45, 2.75) is 42.4 Å². The van der Waals surface area contributed by atoms with E-state index in [-0.39, 0.29) is 10.8 Å². The highest BCUT2D eigenvalue weighted by Crippen LogP contribution is 2.57. The molecule has 0 radical (unpaired) electrons. The first-order chi connectivity index (χ1) is 27.9. The standard InChI is InChI=1S/C52H38N4S/c1-51(27-11-4-12-28-51)50-55-48(33-14-5-3-6-15-33)54-49(56-50)45-21-13-20-44(53-45)36-26-29-52(2)43-25-23-35(31-46(43)57-47(52)32-36)34-22-24-41-39-18-8-7-16-37(39)38-17-9-10-19-40(38)42(41)30-34/h3-27,30-32H,28-29H2,1-2H3. The Morgan fingerprint density at radius 2 is 1.19 bits per heavy atom. The molecule has 272 valence electrons. The number of rotatable bonds is 5. The molecule has 2 aliphatic carbocycles. The van der Waals surface area contributed by atoms with Gasteiger partial charge < -0.3 is 0 Å². The largest absolute Gasteiger partial charge is 0.244 e. The van der Waals surface area contributed by atoms with Crippen molar-refractivity contribution in [3.05, 3.63) is 192 Å². The molecule has 5 heteroatoms. The average Bonchev–Trinajstić information content (AvgIpc) is 3.57. The summed E-state index contributed by atoms with van der Waals surface area (Å²) in [5.41, 5.74) is 7.21. The van der Waals surface area contributed by atoms with Crippen LogP contribution in [0, 0.1) is 0 Å². The predicted molar refractivity (Wildman–Crippen MR) is 237 cm³/mol. The summed E-state index contributed by atoms with van der Waals surface area (Å²) < 4.78 is 0. The molecular weight excluding hydrogens is 713 g/mol. The van der Waals surface area contributed by atoms with Crippen LogP contribution in [0.4, 0.5) is 0 Å². The zero-order chi connectivity index (χ0) is 38.1. The Bertz CT molecular complexity index is 3050. The molecule has 0 bridgehead atoms.